The molecule has 3 aromatic rings. The molecule has 1 aromatic heterocycles. The molecular weight excluding hydrogens is 280 g/mol. The van der Waals surface area contributed by atoms with Crippen LogP contribution in [-0.4, -0.2) is 26.1 Å². The minimum atomic E-state index is -0.948. The molecule has 0 aliphatic carbocycles. The number of hydrogen-bond acceptors (Lipinski definition) is 4. The van der Waals surface area contributed by atoms with E-state index in [1.807, 2.05) is 30.3 Å². The highest BCUT2D eigenvalue weighted by molar-refractivity contribution is 5.87. The Labute approximate surface area is 126 Å². The number of rotatable bonds is 4. The molecule has 0 amide bonds. The number of carboxylic acid groups (broad SMARTS) is 1. The molecule has 110 valence electrons. The van der Waals surface area contributed by atoms with Crippen LogP contribution in [0.5, 0.6) is 0 Å². The van der Waals surface area contributed by atoms with E-state index in [4.69, 9.17) is 10.8 Å². The van der Waals surface area contributed by atoms with Crippen LogP contribution >= 0.6 is 0 Å². The van der Waals surface area contributed by atoms with Gasteiger partial charge in [0.25, 0.3) is 0 Å². The van der Waals surface area contributed by atoms with Crippen molar-refractivity contribution in [3.8, 4) is 11.3 Å². The number of benzene rings is 2. The minimum absolute atomic E-state index is 0.253. The summed E-state index contributed by atoms with van der Waals surface area (Å²) in [6, 6.07) is 14.2. The van der Waals surface area contributed by atoms with Crippen LogP contribution in [0, 0.1) is 0 Å². The lowest BCUT2D eigenvalue weighted by Crippen LogP contribution is -2.05. The van der Waals surface area contributed by atoms with E-state index in [-0.39, 0.29) is 5.56 Å². The molecule has 0 saturated heterocycles. The van der Waals surface area contributed by atoms with Gasteiger partial charge in [-0.3, -0.25) is 0 Å². The van der Waals surface area contributed by atoms with Gasteiger partial charge < -0.3 is 10.8 Å². The van der Waals surface area contributed by atoms with Crippen LogP contribution in [0.3, 0.4) is 0 Å². The first-order valence-electron chi connectivity index (χ1n) is 6.70. The van der Waals surface area contributed by atoms with E-state index < -0.39 is 5.97 Å². The second-order valence-electron chi connectivity index (χ2n) is 4.91. The zero-order valence-electron chi connectivity index (χ0n) is 11.7. The van der Waals surface area contributed by atoms with Gasteiger partial charge >= 0.3 is 5.97 Å². The summed E-state index contributed by atoms with van der Waals surface area (Å²) < 4.78 is 1.72. The molecule has 0 unspecified atom stereocenters. The quantitative estimate of drug-likeness (QED) is 0.720. The fraction of sp³-hybridized carbons (Fsp3) is 0.0625. The Morgan fingerprint density at radius 3 is 2.77 bits per heavy atom. The Morgan fingerprint density at radius 1 is 1.18 bits per heavy atom. The summed E-state index contributed by atoms with van der Waals surface area (Å²) >= 11 is 0. The van der Waals surface area contributed by atoms with Crippen LogP contribution in [0.25, 0.3) is 11.3 Å². The van der Waals surface area contributed by atoms with Crippen molar-refractivity contribution < 1.29 is 9.90 Å². The van der Waals surface area contributed by atoms with Crippen molar-refractivity contribution in [2.24, 2.45) is 0 Å². The molecule has 0 atom stereocenters. The highest BCUT2D eigenvalue weighted by Gasteiger charge is 2.09. The molecule has 6 heteroatoms. The highest BCUT2D eigenvalue weighted by Crippen LogP contribution is 2.21. The van der Waals surface area contributed by atoms with Crippen LogP contribution in [-0.2, 0) is 6.54 Å². The zero-order valence-corrected chi connectivity index (χ0v) is 11.7. The predicted octanol–water partition coefficient (Wildman–Crippen LogP) is 2.27. The molecule has 0 aliphatic rings. The third-order valence-electron chi connectivity index (χ3n) is 3.31. The van der Waals surface area contributed by atoms with E-state index in [0.29, 0.717) is 12.2 Å². The van der Waals surface area contributed by atoms with Crippen molar-refractivity contribution in [3.63, 3.8) is 0 Å². The molecule has 0 spiro atoms. The molecule has 3 N–H and O–H groups in total. The van der Waals surface area contributed by atoms with E-state index >= 15 is 0 Å². The van der Waals surface area contributed by atoms with Crippen LogP contribution in [0.1, 0.15) is 15.9 Å². The Kier molecular flexibility index (Phi) is 3.57. The van der Waals surface area contributed by atoms with E-state index in [1.165, 1.54) is 0 Å². The first-order chi connectivity index (χ1) is 10.6. The van der Waals surface area contributed by atoms with Gasteiger partial charge in [0.05, 0.1) is 24.0 Å². The number of aromatic nitrogens is 3. The fourth-order valence-corrected chi connectivity index (χ4v) is 2.27. The maximum Gasteiger partial charge on any atom is 0.335 e. The monoisotopic (exact) mass is 294 g/mol. The predicted molar refractivity (Wildman–Crippen MR) is 82.4 cm³/mol. The van der Waals surface area contributed by atoms with Gasteiger partial charge in [-0.05, 0) is 29.8 Å². The van der Waals surface area contributed by atoms with Crippen LogP contribution in [0.15, 0.2) is 54.7 Å². The topological polar surface area (TPSA) is 94.0 Å². The van der Waals surface area contributed by atoms with Crippen LogP contribution in [0.2, 0.25) is 0 Å². The van der Waals surface area contributed by atoms with Crippen molar-refractivity contribution in [3.05, 3.63) is 65.9 Å². The zero-order chi connectivity index (χ0) is 15.5. The van der Waals surface area contributed by atoms with Gasteiger partial charge in [-0.1, -0.05) is 29.5 Å². The lowest BCUT2D eigenvalue weighted by molar-refractivity contribution is 0.0696. The lowest BCUT2D eigenvalue weighted by Gasteiger charge is -2.08. The molecule has 2 aromatic carbocycles. The van der Waals surface area contributed by atoms with E-state index in [2.05, 4.69) is 10.3 Å². The Balaban J connectivity index is 1.93. The highest BCUT2D eigenvalue weighted by atomic mass is 16.4. The summed E-state index contributed by atoms with van der Waals surface area (Å²) in [5, 5.41) is 17.1. The maximum atomic E-state index is 11.0. The number of aromatic carboxylic acids is 1. The Hall–Kier alpha value is -3.15. The maximum absolute atomic E-state index is 11.0. The molecule has 0 bridgehead atoms. The average Bonchev–Trinajstić information content (AvgIpc) is 2.95. The van der Waals surface area contributed by atoms with E-state index in [9.17, 15) is 4.79 Å². The Bertz CT molecular complexity index is 826. The van der Waals surface area contributed by atoms with E-state index in [1.54, 1.807) is 29.1 Å². The molecule has 0 saturated carbocycles. The van der Waals surface area contributed by atoms with Gasteiger partial charge in [0, 0.05) is 11.3 Å². The number of carboxylic acids is 1. The summed E-state index contributed by atoms with van der Waals surface area (Å²) in [5.74, 6) is -0.948. The van der Waals surface area contributed by atoms with Gasteiger partial charge in [0.15, 0.2) is 0 Å². The average molecular weight is 294 g/mol. The minimum Gasteiger partial charge on any atom is -0.478 e. The fourth-order valence-electron chi connectivity index (χ4n) is 2.27. The third kappa shape index (κ3) is 2.80. The summed E-state index contributed by atoms with van der Waals surface area (Å²) in [7, 11) is 0. The number of nitrogen functional groups attached to an aromatic ring is 1. The first kappa shape index (κ1) is 13.8. The molecule has 3 rings (SSSR count). The van der Waals surface area contributed by atoms with Gasteiger partial charge in [-0.25, -0.2) is 9.48 Å². The number of carbonyl (C=O) groups is 1. The van der Waals surface area contributed by atoms with Gasteiger partial charge in [-0.2, -0.15) is 0 Å². The summed E-state index contributed by atoms with van der Waals surface area (Å²) in [6.45, 7) is 0.436. The molecule has 22 heavy (non-hydrogen) atoms. The van der Waals surface area contributed by atoms with Crippen LogP contribution < -0.4 is 5.73 Å². The molecular formula is C16H14N4O2. The van der Waals surface area contributed by atoms with Crippen LogP contribution in [0.4, 0.5) is 5.69 Å². The third-order valence-corrected chi connectivity index (χ3v) is 3.31. The molecule has 0 radical (unpaired) electrons. The SMILES string of the molecule is Nc1cccc(-c2cnnn2Cc2cccc(C(=O)O)c2)c1. The number of anilines is 1. The number of nitrogens with two attached hydrogens (primary N) is 1. The van der Waals surface area contributed by atoms with Gasteiger partial charge in [-0.15, -0.1) is 5.10 Å². The molecule has 6 nitrogen and oxygen atoms in total. The van der Waals surface area contributed by atoms with Crippen molar-refractivity contribution in [1.29, 1.82) is 0 Å². The summed E-state index contributed by atoms with van der Waals surface area (Å²) in [4.78, 5) is 11.0. The van der Waals surface area contributed by atoms with Crippen molar-refractivity contribution >= 4 is 11.7 Å². The van der Waals surface area contributed by atoms with Gasteiger partial charge in [0.2, 0.25) is 0 Å². The summed E-state index contributed by atoms with van der Waals surface area (Å²) in [5.41, 5.74) is 9.31. The lowest BCUT2D eigenvalue weighted by atomic mass is 10.1. The van der Waals surface area contributed by atoms with Crippen molar-refractivity contribution in [2.75, 3.05) is 5.73 Å². The molecule has 1 heterocycles. The second kappa shape index (κ2) is 5.69. The number of hydrogen-bond donors (Lipinski definition) is 2. The summed E-state index contributed by atoms with van der Waals surface area (Å²) in [6.07, 6.45) is 1.66. The Morgan fingerprint density at radius 2 is 2.00 bits per heavy atom. The van der Waals surface area contributed by atoms with E-state index in [0.717, 1.165) is 16.8 Å². The molecule has 0 fully saturated rings. The first-order valence-corrected chi connectivity index (χ1v) is 6.70. The standard InChI is InChI=1S/C16H14N4O2/c17-14-6-2-4-12(8-14)15-9-18-19-20(15)10-11-3-1-5-13(7-11)16(21)22/h1-9H,10,17H2,(H,21,22). The van der Waals surface area contributed by atoms with Gasteiger partial charge in [0.1, 0.15) is 0 Å². The second-order valence-corrected chi connectivity index (χ2v) is 4.91. The smallest absolute Gasteiger partial charge is 0.335 e. The van der Waals surface area contributed by atoms with Crippen molar-refractivity contribution in [2.45, 2.75) is 6.54 Å². The molecule has 0 aliphatic heterocycles. The largest absolute Gasteiger partial charge is 0.478 e. The van der Waals surface area contributed by atoms with Crippen molar-refractivity contribution in [1.82, 2.24) is 15.0 Å². The number of nitrogens with zero attached hydrogens (tertiary/aromatic N) is 3. The normalized spacial score (nSPS) is 10.5.